The van der Waals surface area contributed by atoms with Crippen molar-refractivity contribution in [3.63, 3.8) is 0 Å². The van der Waals surface area contributed by atoms with E-state index in [2.05, 4.69) is 5.32 Å². The van der Waals surface area contributed by atoms with Gasteiger partial charge in [0.1, 0.15) is 6.04 Å². The molecule has 0 bridgehead atoms. The Morgan fingerprint density at radius 2 is 1.88 bits per heavy atom. The van der Waals surface area contributed by atoms with Gasteiger partial charge in [-0.1, -0.05) is 13.8 Å². The lowest BCUT2D eigenvalue weighted by Gasteiger charge is -2.25. The van der Waals surface area contributed by atoms with Crippen LogP contribution in [-0.2, 0) is 9.59 Å². The molecule has 140 valence electrons. The van der Waals surface area contributed by atoms with E-state index in [-0.39, 0.29) is 17.7 Å². The van der Waals surface area contributed by atoms with Crippen molar-refractivity contribution in [3.05, 3.63) is 18.2 Å². The molecule has 1 aliphatic carbocycles. The minimum atomic E-state index is -0.503. The number of ether oxygens (including phenoxy) is 2. The molecule has 1 aromatic rings. The summed E-state index contributed by atoms with van der Waals surface area (Å²) in [4.78, 5) is 26.8. The van der Waals surface area contributed by atoms with Crippen molar-refractivity contribution < 1.29 is 19.1 Å². The molecule has 1 saturated carbocycles. The Kier molecular flexibility index (Phi) is 4.29. The lowest BCUT2D eigenvalue weighted by atomic mass is 10.1. The molecule has 0 aromatic heterocycles. The second-order valence-electron chi connectivity index (χ2n) is 7.82. The lowest BCUT2D eigenvalue weighted by molar-refractivity contribution is -0.139. The van der Waals surface area contributed by atoms with E-state index in [1.54, 1.807) is 4.90 Å². The largest absolute Gasteiger partial charge is 0.448 e. The summed E-state index contributed by atoms with van der Waals surface area (Å²) in [7, 11) is 0. The molecule has 1 saturated heterocycles. The Labute approximate surface area is 153 Å². The number of nitrogens with zero attached hydrogens (tertiary/aromatic N) is 1. The summed E-state index contributed by atoms with van der Waals surface area (Å²) < 4.78 is 12.1. The van der Waals surface area contributed by atoms with Gasteiger partial charge in [0, 0.05) is 37.1 Å². The van der Waals surface area contributed by atoms with Crippen LogP contribution >= 0.6 is 0 Å². The van der Waals surface area contributed by atoms with Gasteiger partial charge in [-0.25, -0.2) is 0 Å². The van der Waals surface area contributed by atoms with Crippen molar-refractivity contribution in [2.75, 3.05) is 11.9 Å². The third kappa shape index (κ3) is 3.02. The number of benzene rings is 1. The number of hydrogen-bond donors (Lipinski definition) is 1. The van der Waals surface area contributed by atoms with Crippen LogP contribution in [0.1, 0.15) is 52.4 Å². The summed E-state index contributed by atoms with van der Waals surface area (Å²) in [6.45, 7) is 4.39. The maximum absolute atomic E-state index is 12.7. The van der Waals surface area contributed by atoms with Crippen LogP contribution in [0.3, 0.4) is 0 Å². The Balaban J connectivity index is 1.45. The van der Waals surface area contributed by atoms with E-state index >= 15 is 0 Å². The minimum absolute atomic E-state index is 0.0384. The summed E-state index contributed by atoms with van der Waals surface area (Å²) >= 11 is 0. The summed E-state index contributed by atoms with van der Waals surface area (Å²) in [5, 5.41) is 2.95. The second-order valence-corrected chi connectivity index (χ2v) is 7.82. The highest BCUT2D eigenvalue weighted by Crippen LogP contribution is 2.47. The average Bonchev–Trinajstić information content (AvgIpc) is 3.33. The van der Waals surface area contributed by atoms with Crippen molar-refractivity contribution in [3.8, 4) is 11.5 Å². The number of likely N-dealkylation sites (tertiary alicyclic amines) is 1. The van der Waals surface area contributed by atoms with Gasteiger partial charge in [-0.3, -0.25) is 9.59 Å². The number of anilines is 1. The van der Waals surface area contributed by atoms with Gasteiger partial charge in [-0.2, -0.15) is 0 Å². The molecule has 1 atom stereocenters. The minimum Gasteiger partial charge on any atom is -0.448 e. The average molecular weight is 358 g/mol. The van der Waals surface area contributed by atoms with Gasteiger partial charge in [0.15, 0.2) is 11.5 Å². The van der Waals surface area contributed by atoms with Crippen LogP contribution in [0.5, 0.6) is 11.5 Å². The normalized spacial score (nSPS) is 23.0. The summed E-state index contributed by atoms with van der Waals surface area (Å²) in [6.07, 6.45) is 5.59. The van der Waals surface area contributed by atoms with Gasteiger partial charge in [0.25, 0.3) is 5.79 Å². The molecular weight excluding hydrogens is 332 g/mol. The van der Waals surface area contributed by atoms with E-state index in [4.69, 9.17) is 9.47 Å². The number of hydrogen-bond acceptors (Lipinski definition) is 4. The lowest BCUT2D eigenvalue weighted by Crippen LogP contribution is -2.44. The molecule has 1 aromatic carbocycles. The second kappa shape index (κ2) is 6.49. The number of nitrogens with one attached hydrogen (secondary N) is 1. The van der Waals surface area contributed by atoms with Crippen molar-refractivity contribution >= 4 is 17.5 Å². The predicted molar refractivity (Wildman–Crippen MR) is 97.1 cm³/mol. The predicted octanol–water partition coefficient (Wildman–Crippen LogP) is 3.31. The van der Waals surface area contributed by atoms with Gasteiger partial charge in [0.2, 0.25) is 11.8 Å². The fourth-order valence-corrected chi connectivity index (χ4v) is 4.15. The zero-order valence-corrected chi connectivity index (χ0v) is 15.4. The van der Waals surface area contributed by atoms with Crippen molar-refractivity contribution in [2.24, 2.45) is 5.92 Å². The monoisotopic (exact) mass is 358 g/mol. The van der Waals surface area contributed by atoms with E-state index < -0.39 is 11.8 Å². The van der Waals surface area contributed by atoms with Crippen LogP contribution in [0.2, 0.25) is 0 Å². The van der Waals surface area contributed by atoms with E-state index in [0.29, 0.717) is 24.4 Å². The first kappa shape index (κ1) is 17.2. The van der Waals surface area contributed by atoms with Crippen LogP contribution in [-0.4, -0.2) is 35.1 Å². The van der Waals surface area contributed by atoms with Crippen LogP contribution < -0.4 is 14.8 Å². The Bertz CT molecular complexity index is 725. The molecule has 0 unspecified atom stereocenters. The quantitative estimate of drug-likeness (QED) is 0.900. The molecule has 2 heterocycles. The highest BCUT2D eigenvalue weighted by atomic mass is 16.7. The molecule has 2 amide bonds. The summed E-state index contributed by atoms with van der Waals surface area (Å²) in [6, 6.07) is 5.11. The molecule has 6 heteroatoms. The molecule has 26 heavy (non-hydrogen) atoms. The number of carbonyl (C=O) groups excluding carboxylic acids is 2. The van der Waals surface area contributed by atoms with Gasteiger partial charge < -0.3 is 19.7 Å². The third-order valence-corrected chi connectivity index (χ3v) is 5.50. The molecule has 0 radical (unpaired) electrons. The highest BCUT2D eigenvalue weighted by Gasteiger charge is 2.44. The van der Waals surface area contributed by atoms with Gasteiger partial charge >= 0.3 is 0 Å². The fraction of sp³-hybridized carbons (Fsp3) is 0.600. The number of rotatable bonds is 3. The maximum Gasteiger partial charge on any atom is 0.251 e. The molecule has 4 rings (SSSR count). The van der Waals surface area contributed by atoms with E-state index in [9.17, 15) is 9.59 Å². The zero-order valence-electron chi connectivity index (χ0n) is 15.4. The SMILES string of the molecule is CC(C)C(=O)N1CCC[C@H]1C(=O)Nc1ccc2c(c1)OC1(CCCC1)O2. The maximum atomic E-state index is 12.7. The first-order valence-electron chi connectivity index (χ1n) is 9.61. The Hall–Kier alpha value is -2.24. The first-order valence-corrected chi connectivity index (χ1v) is 9.61. The molecule has 3 aliphatic rings. The smallest absolute Gasteiger partial charge is 0.251 e. The van der Waals surface area contributed by atoms with Gasteiger partial charge in [-0.15, -0.1) is 0 Å². The van der Waals surface area contributed by atoms with Gasteiger partial charge in [0.05, 0.1) is 0 Å². The van der Waals surface area contributed by atoms with Crippen LogP contribution in [0.25, 0.3) is 0 Å². The van der Waals surface area contributed by atoms with E-state index in [0.717, 1.165) is 37.9 Å². The molecule has 1 N–H and O–H groups in total. The zero-order chi connectivity index (χ0) is 18.3. The number of carbonyl (C=O) groups is 2. The molecule has 1 spiro atoms. The van der Waals surface area contributed by atoms with Crippen molar-refractivity contribution in [2.45, 2.75) is 64.2 Å². The molecule has 2 fully saturated rings. The van der Waals surface area contributed by atoms with E-state index in [1.807, 2.05) is 32.0 Å². The van der Waals surface area contributed by atoms with Crippen LogP contribution in [0, 0.1) is 5.92 Å². The number of amides is 2. The van der Waals surface area contributed by atoms with Gasteiger partial charge in [-0.05, 0) is 37.8 Å². The summed E-state index contributed by atoms with van der Waals surface area (Å²) in [5.74, 6) is 0.726. The van der Waals surface area contributed by atoms with Crippen molar-refractivity contribution in [1.29, 1.82) is 0 Å². The molecule has 2 aliphatic heterocycles. The first-order chi connectivity index (χ1) is 12.5. The Morgan fingerprint density at radius 3 is 2.62 bits per heavy atom. The fourth-order valence-electron chi connectivity index (χ4n) is 4.15. The topological polar surface area (TPSA) is 67.9 Å². The highest BCUT2D eigenvalue weighted by molar-refractivity contribution is 5.98. The summed E-state index contributed by atoms with van der Waals surface area (Å²) in [5.41, 5.74) is 0.677. The standard InChI is InChI=1S/C20H26N2O4/c1-13(2)19(24)22-11-5-6-15(22)18(23)21-14-7-8-16-17(12-14)26-20(25-16)9-3-4-10-20/h7-8,12-13,15H,3-6,9-11H2,1-2H3,(H,21,23)/t15-/m0/s1. The van der Waals surface area contributed by atoms with Crippen molar-refractivity contribution in [1.82, 2.24) is 4.90 Å². The van der Waals surface area contributed by atoms with E-state index in [1.165, 1.54) is 0 Å². The number of fused-ring (bicyclic) bond motifs is 1. The third-order valence-electron chi connectivity index (χ3n) is 5.50. The Morgan fingerprint density at radius 1 is 1.15 bits per heavy atom. The van der Waals surface area contributed by atoms with Crippen LogP contribution in [0.15, 0.2) is 18.2 Å². The van der Waals surface area contributed by atoms with Crippen LogP contribution in [0.4, 0.5) is 5.69 Å². The molecule has 6 nitrogen and oxygen atoms in total. The molecular formula is C20H26N2O4.